The molecule has 3 rings (SSSR count). The summed E-state index contributed by atoms with van der Waals surface area (Å²) in [5, 5.41) is 38.9. The molecule has 0 radical (unpaired) electrons. The first-order valence-corrected chi connectivity index (χ1v) is 7.45. The molecule has 0 spiro atoms. The summed E-state index contributed by atoms with van der Waals surface area (Å²) in [6.07, 6.45) is 0.838. The highest BCUT2D eigenvalue weighted by atomic mass is 16.3. The minimum Gasteiger partial charge on any atom is -0.504 e. The topological polar surface area (TPSA) is 80.9 Å². The van der Waals surface area contributed by atoms with Gasteiger partial charge in [-0.2, -0.15) is 0 Å². The predicted molar refractivity (Wildman–Crippen MR) is 83.4 cm³/mol. The van der Waals surface area contributed by atoms with Gasteiger partial charge in [-0.3, -0.25) is 0 Å². The van der Waals surface area contributed by atoms with Gasteiger partial charge in [-0.25, -0.2) is 0 Å². The summed E-state index contributed by atoms with van der Waals surface area (Å²) < 4.78 is 0. The van der Waals surface area contributed by atoms with Crippen molar-refractivity contribution >= 4 is 0 Å². The zero-order chi connectivity index (χ0) is 16.0. The van der Waals surface area contributed by atoms with Crippen LogP contribution >= 0.6 is 0 Å². The summed E-state index contributed by atoms with van der Waals surface area (Å²) in [5.41, 5.74) is 2.87. The Kier molecular flexibility index (Phi) is 3.39. The highest BCUT2D eigenvalue weighted by molar-refractivity contribution is 5.52. The molecule has 0 unspecified atom stereocenters. The van der Waals surface area contributed by atoms with E-state index in [0.29, 0.717) is 11.8 Å². The molecule has 0 saturated heterocycles. The lowest BCUT2D eigenvalue weighted by Crippen LogP contribution is -2.26. The van der Waals surface area contributed by atoms with E-state index in [0.717, 1.165) is 23.1 Å². The molecule has 0 amide bonds. The molecule has 116 valence electrons. The smallest absolute Gasteiger partial charge is 0.157 e. The molecule has 4 heteroatoms. The molecule has 1 aliphatic carbocycles. The predicted octanol–water partition coefficient (Wildman–Crippen LogP) is 3.47. The standard InChI is InChI=1S/C18H20O4/c1-9-5-12-7-16(21)17(22)8-13(12)18(10(9)2)11-3-4-14(19)15(20)6-11/h3-4,6-10,18-22H,5H2,1-2H3/t9-,10+,18-/m0/s1. The van der Waals surface area contributed by atoms with Crippen LogP contribution in [0.1, 0.15) is 36.5 Å². The molecule has 4 nitrogen and oxygen atoms in total. The second-order valence-corrected chi connectivity index (χ2v) is 6.31. The zero-order valence-corrected chi connectivity index (χ0v) is 12.6. The fourth-order valence-electron chi connectivity index (χ4n) is 3.46. The first-order chi connectivity index (χ1) is 10.4. The van der Waals surface area contributed by atoms with Crippen molar-refractivity contribution in [2.75, 3.05) is 0 Å². The maximum absolute atomic E-state index is 9.85. The van der Waals surface area contributed by atoms with E-state index in [-0.39, 0.29) is 28.9 Å². The molecule has 0 bridgehead atoms. The minimum absolute atomic E-state index is 0.00301. The largest absolute Gasteiger partial charge is 0.504 e. The number of hydrogen-bond donors (Lipinski definition) is 4. The maximum Gasteiger partial charge on any atom is 0.157 e. The molecule has 2 aromatic rings. The van der Waals surface area contributed by atoms with Crippen LogP contribution in [0.2, 0.25) is 0 Å². The van der Waals surface area contributed by atoms with E-state index in [2.05, 4.69) is 13.8 Å². The highest BCUT2D eigenvalue weighted by Crippen LogP contribution is 2.47. The van der Waals surface area contributed by atoms with Crippen LogP contribution in [0.25, 0.3) is 0 Å². The molecular formula is C18H20O4. The van der Waals surface area contributed by atoms with Crippen LogP contribution in [0.3, 0.4) is 0 Å². The van der Waals surface area contributed by atoms with Crippen LogP contribution in [-0.2, 0) is 6.42 Å². The number of hydrogen-bond acceptors (Lipinski definition) is 4. The van der Waals surface area contributed by atoms with Gasteiger partial charge in [0.2, 0.25) is 0 Å². The normalized spacial score (nSPS) is 24.0. The molecule has 0 heterocycles. The van der Waals surface area contributed by atoms with Gasteiger partial charge < -0.3 is 20.4 Å². The second kappa shape index (κ2) is 5.13. The summed E-state index contributed by atoms with van der Waals surface area (Å²) in [7, 11) is 0. The lowest BCUT2D eigenvalue weighted by molar-refractivity contribution is 0.321. The number of phenolic OH excluding ortho intramolecular Hbond substituents is 4. The first kappa shape index (κ1) is 14.6. The van der Waals surface area contributed by atoms with E-state index in [1.165, 1.54) is 6.07 Å². The van der Waals surface area contributed by atoms with Crippen molar-refractivity contribution in [3.63, 3.8) is 0 Å². The fraction of sp³-hybridized carbons (Fsp3) is 0.333. The molecule has 0 aromatic heterocycles. The Labute approximate surface area is 129 Å². The van der Waals surface area contributed by atoms with Crippen molar-refractivity contribution in [3.05, 3.63) is 47.0 Å². The number of aromatic hydroxyl groups is 4. The van der Waals surface area contributed by atoms with E-state index in [9.17, 15) is 20.4 Å². The quantitative estimate of drug-likeness (QED) is 0.608. The maximum atomic E-state index is 9.85. The summed E-state index contributed by atoms with van der Waals surface area (Å²) in [6, 6.07) is 8.09. The Balaban J connectivity index is 2.17. The van der Waals surface area contributed by atoms with Crippen molar-refractivity contribution < 1.29 is 20.4 Å². The lowest BCUT2D eigenvalue weighted by atomic mass is 9.68. The average molecular weight is 300 g/mol. The second-order valence-electron chi connectivity index (χ2n) is 6.31. The minimum atomic E-state index is -0.146. The van der Waals surface area contributed by atoms with E-state index in [4.69, 9.17) is 0 Å². The summed E-state index contributed by atoms with van der Waals surface area (Å²) in [4.78, 5) is 0. The molecule has 4 N–H and O–H groups in total. The Hall–Kier alpha value is -2.36. The third-order valence-electron chi connectivity index (χ3n) is 4.90. The average Bonchev–Trinajstić information content (AvgIpc) is 2.46. The van der Waals surface area contributed by atoms with Crippen LogP contribution in [-0.4, -0.2) is 20.4 Å². The van der Waals surface area contributed by atoms with Gasteiger partial charge in [0.15, 0.2) is 23.0 Å². The van der Waals surface area contributed by atoms with Crippen LogP contribution in [0.15, 0.2) is 30.3 Å². The van der Waals surface area contributed by atoms with Crippen molar-refractivity contribution in [2.24, 2.45) is 11.8 Å². The van der Waals surface area contributed by atoms with Crippen LogP contribution in [0, 0.1) is 11.8 Å². The first-order valence-electron chi connectivity index (χ1n) is 7.45. The molecule has 0 fully saturated rings. The monoisotopic (exact) mass is 300 g/mol. The lowest BCUT2D eigenvalue weighted by Gasteiger charge is -2.36. The third kappa shape index (κ3) is 2.25. The van der Waals surface area contributed by atoms with Gasteiger partial charge in [0.05, 0.1) is 0 Å². The van der Waals surface area contributed by atoms with Gasteiger partial charge in [0.1, 0.15) is 0 Å². The van der Waals surface area contributed by atoms with Crippen LogP contribution in [0.5, 0.6) is 23.0 Å². The van der Waals surface area contributed by atoms with Crippen LogP contribution in [0.4, 0.5) is 0 Å². The van der Waals surface area contributed by atoms with Crippen molar-refractivity contribution in [1.82, 2.24) is 0 Å². The molecule has 0 saturated carbocycles. The summed E-state index contributed by atoms with van der Waals surface area (Å²) in [6.45, 7) is 4.30. The fourth-order valence-corrected chi connectivity index (χ4v) is 3.46. The number of fused-ring (bicyclic) bond motifs is 1. The summed E-state index contributed by atoms with van der Waals surface area (Å²) >= 11 is 0. The van der Waals surface area contributed by atoms with E-state index in [1.807, 2.05) is 0 Å². The van der Waals surface area contributed by atoms with E-state index >= 15 is 0 Å². The number of rotatable bonds is 1. The Morgan fingerprint density at radius 1 is 0.818 bits per heavy atom. The molecule has 2 aromatic carbocycles. The van der Waals surface area contributed by atoms with Crippen molar-refractivity contribution in [2.45, 2.75) is 26.2 Å². The highest BCUT2D eigenvalue weighted by Gasteiger charge is 2.33. The Bertz CT molecular complexity index is 723. The Morgan fingerprint density at radius 3 is 2.14 bits per heavy atom. The van der Waals surface area contributed by atoms with Gasteiger partial charge in [0, 0.05) is 5.92 Å². The Morgan fingerprint density at radius 2 is 1.45 bits per heavy atom. The van der Waals surface area contributed by atoms with Gasteiger partial charge in [-0.1, -0.05) is 19.9 Å². The van der Waals surface area contributed by atoms with Gasteiger partial charge >= 0.3 is 0 Å². The SMILES string of the molecule is C[C@H]1[C@@H](c2ccc(O)c(O)c2)c2cc(O)c(O)cc2C[C@@H]1C. The van der Waals surface area contributed by atoms with Crippen molar-refractivity contribution in [3.8, 4) is 23.0 Å². The number of phenols is 4. The third-order valence-corrected chi connectivity index (χ3v) is 4.90. The number of benzene rings is 2. The zero-order valence-electron chi connectivity index (χ0n) is 12.6. The molecule has 0 aliphatic heterocycles. The van der Waals surface area contributed by atoms with E-state index in [1.54, 1.807) is 24.3 Å². The van der Waals surface area contributed by atoms with Gasteiger partial charge in [-0.05, 0) is 59.2 Å². The van der Waals surface area contributed by atoms with Crippen LogP contribution < -0.4 is 0 Å². The molecule has 3 atom stereocenters. The molecule has 1 aliphatic rings. The van der Waals surface area contributed by atoms with Gasteiger partial charge in [0.25, 0.3) is 0 Å². The molecule has 22 heavy (non-hydrogen) atoms. The van der Waals surface area contributed by atoms with E-state index < -0.39 is 0 Å². The van der Waals surface area contributed by atoms with Crippen molar-refractivity contribution in [1.29, 1.82) is 0 Å². The summed E-state index contributed by atoms with van der Waals surface area (Å²) in [5.74, 6) is 0.178. The molecular weight excluding hydrogens is 280 g/mol. The van der Waals surface area contributed by atoms with Gasteiger partial charge in [-0.15, -0.1) is 0 Å².